The van der Waals surface area contributed by atoms with E-state index in [1.165, 1.54) is 31.2 Å². The van der Waals surface area contributed by atoms with Crippen molar-refractivity contribution in [3.63, 3.8) is 0 Å². The molecule has 0 saturated carbocycles. The molecule has 0 radical (unpaired) electrons. The lowest BCUT2D eigenvalue weighted by atomic mass is 10.2. The van der Waals surface area contributed by atoms with Crippen LogP contribution in [0.25, 0.3) is 0 Å². The molecule has 2 aromatic rings. The minimum atomic E-state index is -1.37. The summed E-state index contributed by atoms with van der Waals surface area (Å²) >= 11 is 0. The predicted octanol–water partition coefficient (Wildman–Crippen LogP) is 2.37. The second-order valence-electron chi connectivity index (χ2n) is 6.61. The Morgan fingerprint density at radius 2 is 1.72 bits per heavy atom. The molecule has 8 heteroatoms. The predicted molar refractivity (Wildman–Crippen MR) is 111 cm³/mol. The average molecular weight is 416 g/mol. The van der Waals surface area contributed by atoms with Gasteiger partial charge in [-0.25, -0.2) is 4.79 Å². The Balaban J connectivity index is 1.95. The number of amides is 2. The highest BCUT2D eigenvalue weighted by Crippen LogP contribution is 2.15. The SMILES string of the molecule is Cc1ccc(NC(=O)CN(C)C(=O)[C@@H](C)OC(=O)c2ccccc2[S@@](C)=O)cc1. The molecule has 0 aliphatic rings. The third kappa shape index (κ3) is 6.25. The highest BCUT2D eigenvalue weighted by Gasteiger charge is 2.25. The molecule has 7 nitrogen and oxygen atoms in total. The molecular formula is C21H24N2O5S. The average Bonchev–Trinajstić information content (AvgIpc) is 2.68. The van der Waals surface area contributed by atoms with Crippen molar-refractivity contribution in [2.24, 2.45) is 0 Å². The van der Waals surface area contributed by atoms with Gasteiger partial charge in [0.15, 0.2) is 6.10 Å². The van der Waals surface area contributed by atoms with Crippen molar-refractivity contribution in [2.45, 2.75) is 24.8 Å². The summed E-state index contributed by atoms with van der Waals surface area (Å²) in [7, 11) is 0.0814. The topological polar surface area (TPSA) is 92.8 Å². The molecule has 29 heavy (non-hydrogen) atoms. The van der Waals surface area contributed by atoms with Crippen LogP contribution in [0.5, 0.6) is 0 Å². The molecule has 2 aromatic carbocycles. The fourth-order valence-electron chi connectivity index (χ4n) is 2.60. The van der Waals surface area contributed by atoms with Crippen LogP contribution in [0, 0.1) is 6.92 Å². The summed E-state index contributed by atoms with van der Waals surface area (Å²) < 4.78 is 17.0. The van der Waals surface area contributed by atoms with E-state index in [9.17, 15) is 18.6 Å². The van der Waals surface area contributed by atoms with Gasteiger partial charge in [0.05, 0.1) is 27.8 Å². The number of nitrogens with one attached hydrogen (secondary N) is 1. The van der Waals surface area contributed by atoms with E-state index in [2.05, 4.69) is 5.32 Å². The molecule has 0 aliphatic carbocycles. The van der Waals surface area contributed by atoms with Gasteiger partial charge in [-0.1, -0.05) is 29.8 Å². The van der Waals surface area contributed by atoms with Crippen molar-refractivity contribution in [1.82, 2.24) is 4.90 Å². The Labute approximate surface area is 172 Å². The van der Waals surface area contributed by atoms with E-state index in [1.54, 1.807) is 30.3 Å². The molecule has 154 valence electrons. The van der Waals surface area contributed by atoms with E-state index in [1.807, 2.05) is 19.1 Å². The second-order valence-corrected chi connectivity index (χ2v) is 7.95. The van der Waals surface area contributed by atoms with E-state index in [0.29, 0.717) is 10.6 Å². The number of likely N-dealkylation sites (N-methyl/N-ethyl adjacent to an activating group) is 1. The van der Waals surface area contributed by atoms with Gasteiger partial charge in [-0.05, 0) is 38.1 Å². The van der Waals surface area contributed by atoms with Crippen LogP contribution in [0.4, 0.5) is 5.69 Å². The van der Waals surface area contributed by atoms with Crippen LogP contribution in [0.1, 0.15) is 22.8 Å². The van der Waals surface area contributed by atoms with Gasteiger partial charge in [-0.15, -0.1) is 0 Å². The molecule has 1 N–H and O–H groups in total. The third-order valence-corrected chi connectivity index (χ3v) is 5.12. The summed E-state index contributed by atoms with van der Waals surface area (Å²) in [5, 5.41) is 2.71. The summed E-state index contributed by atoms with van der Waals surface area (Å²) in [4.78, 5) is 38.5. The minimum Gasteiger partial charge on any atom is -0.449 e. The van der Waals surface area contributed by atoms with Crippen molar-refractivity contribution in [2.75, 3.05) is 25.2 Å². The Morgan fingerprint density at radius 1 is 1.10 bits per heavy atom. The molecule has 2 rings (SSSR count). The largest absolute Gasteiger partial charge is 0.449 e. The number of rotatable bonds is 7. The van der Waals surface area contributed by atoms with Crippen molar-refractivity contribution >= 4 is 34.3 Å². The van der Waals surface area contributed by atoms with Crippen LogP contribution in [0.15, 0.2) is 53.4 Å². The smallest absolute Gasteiger partial charge is 0.340 e. The zero-order valence-electron chi connectivity index (χ0n) is 16.8. The van der Waals surface area contributed by atoms with Gasteiger partial charge < -0.3 is 15.0 Å². The highest BCUT2D eigenvalue weighted by molar-refractivity contribution is 7.84. The zero-order valence-corrected chi connectivity index (χ0v) is 17.6. The van der Waals surface area contributed by atoms with Crippen LogP contribution in [0.3, 0.4) is 0 Å². The molecule has 0 bridgehead atoms. The fraction of sp³-hybridized carbons (Fsp3) is 0.286. The lowest BCUT2D eigenvalue weighted by Gasteiger charge is -2.21. The molecule has 0 spiro atoms. The maximum absolute atomic E-state index is 12.5. The molecule has 0 heterocycles. The van der Waals surface area contributed by atoms with Crippen LogP contribution in [-0.4, -0.2) is 52.8 Å². The van der Waals surface area contributed by atoms with E-state index >= 15 is 0 Å². The monoisotopic (exact) mass is 416 g/mol. The van der Waals surface area contributed by atoms with Crippen LogP contribution < -0.4 is 5.32 Å². The molecule has 2 amide bonds. The normalized spacial score (nSPS) is 12.6. The van der Waals surface area contributed by atoms with Crippen molar-refractivity contribution in [3.8, 4) is 0 Å². The first-order chi connectivity index (χ1) is 13.7. The third-order valence-electron chi connectivity index (χ3n) is 4.14. The number of aryl methyl sites for hydroxylation is 1. The zero-order chi connectivity index (χ0) is 21.6. The highest BCUT2D eigenvalue weighted by atomic mass is 32.2. The van der Waals surface area contributed by atoms with Gasteiger partial charge in [-0.3, -0.25) is 13.8 Å². The number of esters is 1. The number of carbonyl (C=O) groups excluding carboxylic acids is 3. The van der Waals surface area contributed by atoms with Gasteiger partial charge in [0.2, 0.25) is 5.91 Å². The second kappa shape index (κ2) is 9.97. The molecule has 0 aromatic heterocycles. The Bertz CT molecular complexity index is 927. The van der Waals surface area contributed by atoms with E-state index in [0.717, 1.165) is 5.56 Å². The standard InChI is InChI=1S/C21H24N2O5S/c1-14-9-11-16(12-10-14)22-19(24)13-23(3)20(25)15(2)28-21(26)17-7-5-6-8-18(17)29(4)27/h5-12,15H,13H2,1-4H3,(H,22,24)/t15-,29-/m1/s1. The van der Waals surface area contributed by atoms with E-state index in [4.69, 9.17) is 4.74 Å². The fourth-order valence-corrected chi connectivity index (χ4v) is 3.33. The number of hydrogen-bond acceptors (Lipinski definition) is 5. The van der Waals surface area contributed by atoms with E-state index in [-0.39, 0.29) is 18.0 Å². The summed E-state index contributed by atoms with van der Waals surface area (Å²) in [5.41, 5.74) is 1.84. The maximum Gasteiger partial charge on any atom is 0.340 e. The van der Waals surface area contributed by atoms with Crippen molar-refractivity contribution < 1.29 is 23.3 Å². The number of benzene rings is 2. The number of nitrogens with zero attached hydrogens (tertiary/aromatic N) is 1. The van der Waals surface area contributed by atoms with Gasteiger partial charge in [-0.2, -0.15) is 0 Å². The van der Waals surface area contributed by atoms with Crippen molar-refractivity contribution in [3.05, 3.63) is 59.7 Å². The van der Waals surface area contributed by atoms with Gasteiger partial charge in [0.1, 0.15) is 0 Å². The number of ether oxygens (including phenoxy) is 1. The van der Waals surface area contributed by atoms with Crippen LogP contribution >= 0.6 is 0 Å². The van der Waals surface area contributed by atoms with Crippen molar-refractivity contribution in [1.29, 1.82) is 0 Å². The number of carbonyl (C=O) groups is 3. The number of hydrogen-bond donors (Lipinski definition) is 1. The Hall–Kier alpha value is -3.00. The molecule has 2 atom stereocenters. The molecular weight excluding hydrogens is 392 g/mol. The first-order valence-electron chi connectivity index (χ1n) is 8.94. The lowest BCUT2D eigenvalue weighted by Crippen LogP contribution is -2.41. The number of anilines is 1. The minimum absolute atomic E-state index is 0.146. The summed E-state index contributed by atoms with van der Waals surface area (Å²) in [6.45, 7) is 3.18. The van der Waals surface area contributed by atoms with Gasteiger partial charge >= 0.3 is 5.97 Å². The lowest BCUT2D eigenvalue weighted by molar-refractivity contribution is -0.140. The van der Waals surface area contributed by atoms with Gasteiger partial charge in [0, 0.05) is 19.0 Å². The molecule has 0 saturated heterocycles. The first-order valence-corrected chi connectivity index (χ1v) is 10.5. The molecule has 0 fully saturated rings. The summed E-state index contributed by atoms with van der Waals surface area (Å²) in [5.74, 6) is -1.63. The Morgan fingerprint density at radius 3 is 2.34 bits per heavy atom. The molecule has 0 aliphatic heterocycles. The van der Waals surface area contributed by atoms with Crippen LogP contribution in [0.2, 0.25) is 0 Å². The summed E-state index contributed by atoms with van der Waals surface area (Å²) in [6, 6.07) is 13.6. The Kier molecular flexibility index (Phi) is 7.67. The van der Waals surface area contributed by atoms with Gasteiger partial charge in [0.25, 0.3) is 5.91 Å². The van der Waals surface area contributed by atoms with Crippen LogP contribution in [-0.2, 0) is 25.1 Å². The quantitative estimate of drug-likeness (QED) is 0.700. The van der Waals surface area contributed by atoms with E-state index < -0.39 is 28.8 Å². The maximum atomic E-state index is 12.5. The first kappa shape index (κ1) is 22.3. The molecule has 0 unspecified atom stereocenters. The summed E-state index contributed by atoms with van der Waals surface area (Å²) in [6.07, 6.45) is 0.360.